The fourth-order valence-electron chi connectivity index (χ4n) is 8.55. The summed E-state index contributed by atoms with van der Waals surface area (Å²) in [5.74, 6) is 3.97. The predicted molar refractivity (Wildman–Crippen MR) is 164 cm³/mol. The number of ether oxygens (including phenoxy) is 5. The Morgan fingerprint density at radius 1 is 0.818 bits per heavy atom. The molecule has 1 amide bonds. The van der Waals surface area contributed by atoms with Crippen LogP contribution in [0.3, 0.4) is 0 Å². The van der Waals surface area contributed by atoms with Gasteiger partial charge in [-0.3, -0.25) is 14.4 Å². The fraction of sp³-hybridized carbons (Fsp3) is 0.571. The second kappa shape index (κ2) is 12.7. The Labute approximate surface area is 258 Å². The maximum absolute atomic E-state index is 13.3. The number of aryl methyl sites for hydroxylation is 1. The SMILES string of the molecule is COc1cc2c(c(OC)c1OC)-c1ccc(OC)c(=O)cc1[C@@H](NC(=O)CCCC(=O)OC1C3CC4CC(C3)CC1C4)CC2. The van der Waals surface area contributed by atoms with Gasteiger partial charge >= 0.3 is 5.97 Å². The van der Waals surface area contributed by atoms with Gasteiger partial charge in [-0.1, -0.05) is 6.07 Å². The first kappa shape index (κ1) is 30.3. The first-order chi connectivity index (χ1) is 21.3. The molecule has 44 heavy (non-hydrogen) atoms. The van der Waals surface area contributed by atoms with E-state index in [1.165, 1.54) is 45.3 Å². The van der Waals surface area contributed by atoms with Crippen molar-refractivity contribution < 1.29 is 33.3 Å². The van der Waals surface area contributed by atoms with Gasteiger partial charge in [-0.05, 0) is 110 Å². The molecule has 5 aliphatic rings. The number of hydrogen-bond acceptors (Lipinski definition) is 8. The second-order valence-electron chi connectivity index (χ2n) is 12.9. The zero-order valence-corrected chi connectivity index (χ0v) is 26.1. The first-order valence-electron chi connectivity index (χ1n) is 15.9. The normalized spacial score (nSPS) is 26.1. The minimum Gasteiger partial charge on any atom is -0.493 e. The van der Waals surface area contributed by atoms with E-state index in [0.717, 1.165) is 28.5 Å². The Morgan fingerprint density at radius 3 is 2.14 bits per heavy atom. The Hall–Kier alpha value is -3.75. The van der Waals surface area contributed by atoms with Gasteiger partial charge in [0.1, 0.15) is 6.10 Å². The van der Waals surface area contributed by atoms with Crippen molar-refractivity contribution in [3.63, 3.8) is 0 Å². The molecule has 0 aromatic heterocycles. The monoisotopic (exact) mass is 605 g/mol. The first-order valence-corrected chi connectivity index (χ1v) is 15.9. The molecule has 1 N–H and O–H groups in total. The number of hydrogen-bond donors (Lipinski definition) is 1. The van der Waals surface area contributed by atoms with Crippen LogP contribution < -0.4 is 29.7 Å². The van der Waals surface area contributed by atoms with Crippen molar-refractivity contribution in [1.29, 1.82) is 0 Å². The van der Waals surface area contributed by atoms with E-state index in [1.54, 1.807) is 27.4 Å². The van der Waals surface area contributed by atoms with Gasteiger partial charge in [0.15, 0.2) is 17.2 Å². The molecule has 0 unspecified atom stereocenters. The molecule has 0 spiro atoms. The lowest BCUT2D eigenvalue weighted by molar-refractivity contribution is -0.170. The summed E-state index contributed by atoms with van der Waals surface area (Å²) in [6, 6.07) is 6.47. The maximum Gasteiger partial charge on any atom is 0.306 e. The number of amides is 1. The van der Waals surface area contributed by atoms with Crippen molar-refractivity contribution in [2.24, 2.45) is 23.7 Å². The van der Waals surface area contributed by atoms with Crippen molar-refractivity contribution in [1.82, 2.24) is 5.32 Å². The van der Waals surface area contributed by atoms with E-state index in [2.05, 4.69) is 5.32 Å². The smallest absolute Gasteiger partial charge is 0.306 e. The van der Waals surface area contributed by atoms with E-state index < -0.39 is 6.04 Å². The average Bonchev–Trinajstić information content (AvgIpc) is 3.25. The van der Waals surface area contributed by atoms with E-state index in [-0.39, 0.29) is 42.0 Å². The molecule has 236 valence electrons. The molecule has 5 aliphatic carbocycles. The molecule has 9 nitrogen and oxygen atoms in total. The van der Waals surface area contributed by atoms with E-state index >= 15 is 0 Å². The second-order valence-corrected chi connectivity index (χ2v) is 12.9. The van der Waals surface area contributed by atoms with E-state index in [9.17, 15) is 14.4 Å². The number of rotatable bonds is 10. The summed E-state index contributed by atoms with van der Waals surface area (Å²) in [5, 5.41) is 3.15. The van der Waals surface area contributed by atoms with Crippen molar-refractivity contribution >= 4 is 11.9 Å². The number of benzene rings is 1. The van der Waals surface area contributed by atoms with Gasteiger partial charge in [0, 0.05) is 18.4 Å². The quantitative estimate of drug-likeness (QED) is 0.359. The Kier molecular flexibility index (Phi) is 8.74. The molecule has 0 radical (unpaired) electrons. The minimum atomic E-state index is -0.448. The van der Waals surface area contributed by atoms with Crippen LogP contribution in [0.2, 0.25) is 0 Å². The molecular formula is C35H43NO8. The van der Waals surface area contributed by atoms with Crippen molar-refractivity contribution in [3.8, 4) is 34.1 Å². The highest BCUT2D eigenvalue weighted by Crippen LogP contribution is 2.55. The molecule has 4 fully saturated rings. The van der Waals surface area contributed by atoms with Crippen molar-refractivity contribution in [3.05, 3.63) is 45.6 Å². The number of carbonyl (C=O) groups excluding carboxylic acids is 2. The number of nitrogens with one attached hydrogen (secondary N) is 1. The predicted octanol–water partition coefficient (Wildman–Crippen LogP) is 5.39. The Morgan fingerprint density at radius 2 is 1.50 bits per heavy atom. The van der Waals surface area contributed by atoms with Crippen LogP contribution in [0.4, 0.5) is 0 Å². The highest BCUT2D eigenvalue weighted by atomic mass is 16.5. The Balaban J connectivity index is 1.17. The van der Waals surface area contributed by atoms with Gasteiger partial charge < -0.3 is 29.0 Å². The van der Waals surface area contributed by atoms with Gasteiger partial charge in [0.25, 0.3) is 0 Å². The Bertz CT molecular complexity index is 1460. The third kappa shape index (κ3) is 5.73. The third-order valence-electron chi connectivity index (χ3n) is 10.2. The van der Waals surface area contributed by atoms with Gasteiger partial charge in [0.2, 0.25) is 17.1 Å². The molecule has 9 heteroatoms. The summed E-state index contributed by atoms with van der Waals surface area (Å²) in [5.41, 5.74) is 2.84. The molecule has 4 bridgehead atoms. The van der Waals surface area contributed by atoms with Gasteiger partial charge in [-0.2, -0.15) is 0 Å². The lowest BCUT2D eigenvalue weighted by Gasteiger charge is -2.53. The van der Waals surface area contributed by atoms with Crippen molar-refractivity contribution in [2.45, 2.75) is 76.4 Å². The highest BCUT2D eigenvalue weighted by Gasteiger charge is 2.49. The van der Waals surface area contributed by atoms with Crippen molar-refractivity contribution in [2.75, 3.05) is 28.4 Å². The lowest BCUT2D eigenvalue weighted by atomic mass is 9.55. The van der Waals surface area contributed by atoms with E-state index in [4.69, 9.17) is 23.7 Å². The summed E-state index contributed by atoms with van der Waals surface area (Å²) >= 11 is 0. The molecule has 7 rings (SSSR count). The minimum absolute atomic E-state index is 0.0570. The molecule has 0 heterocycles. The van der Waals surface area contributed by atoms with Gasteiger partial charge in [0.05, 0.1) is 34.5 Å². The van der Waals surface area contributed by atoms with Crippen LogP contribution in [0, 0.1) is 23.7 Å². The molecule has 1 atom stereocenters. The standard InChI is InChI=1S/C35H43NO8/c1-40-28-11-9-24-25(18-27(28)37)26(10-8-21-17-29(41-2)34(42-3)35(43-4)32(21)24)36-30(38)6-5-7-31(39)44-33-22-13-19-12-20(15-22)16-23(33)14-19/h9,11,17-20,22-23,26,33H,5-8,10,12-16H2,1-4H3,(H,36,38)/t19?,20?,22?,23?,26-,33?/m0/s1. The van der Waals surface area contributed by atoms with Crippen LogP contribution >= 0.6 is 0 Å². The third-order valence-corrected chi connectivity index (χ3v) is 10.2. The van der Waals surface area contributed by atoms with Gasteiger partial charge in [-0.25, -0.2) is 0 Å². The van der Waals surface area contributed by atoms with Crippen LogP contribution in [-0.4, -0.2) is 46.4 Å². The summed E-state index contributed by atoms with van der Waals surface area (Å²) in [4.78, 5) is 39.2. The molecular weight excluding hydrogens is 562 g/mol. The molecule has 0 aliphatic heterocycles. The van der Waals surface area contributed by atoms with Crippen LogP contribution in [0.5, 0.6) is 23.0 Å². The molecule has 4 saturated carbocycles. The lowest BCUT2D eigenvalue weighted by Crippen LogP contribution is -2.50. The topological polar surface area (TPSA) is 109 Å². The van der Waals surface area contributed by atoms with Crippen LogP contribution in [0.1, 0.15) is 75.0 Å². The largest absolute Gasteiger partial charge is 0.493 e. The van der Waals surface area contributed by atoms with Crippen LogP contribution in [-0.2, 0) is 20.7 Å². The zero-order chi connectivity index (χ0) is 31.0. The number of fused-ring (bicyclic) bond motifs is 3. The summed E-state index contributed by atoms with van der Waals surface area (Å²) in [6.45, 7) is 0. The summed E-state index contributed by atoms with van der Waals surface area (Å²) in [7, 11) is 6.15. The summed E-state index contributed by atoms with van der Waals surface area (Å²) < 4.78 is 28.4. The molecule has 0 saturated heterocycles. The summed E-state index contributed by atoms with van der Waals surface area (Å²) in [6.07, 6.45) is 8.15. The molecule has 2 aromatic rings. The number of esters is 1. The van der Waals surface area contributed by atoms with E-state index in [0.29, 0.717) is 53.9 Å². The highest BCUT2D eigenvalue weighted by molar-refractivity contribution is 5.84. The van der Waals surface area contributed by atoms with Crippen LogP contribution in [0.25, 0.3) is 11.1 Å². The zero-order valence-electron chi connectivity index (χ0n) is 26.1. The van der Waals surface area contributed by atoms with E-state index in [1.807, 2.05) is 12.1 Å². The van der Waals surface area contributed by atoms with Gasteiger partial charge in [-0.15, -0.1) is 0 Å². The number of methoxy groups -OCH3 is 4. The molecule has 2 aromatic carbocycles. The fourth-order valence-corrected chi connectivity index (χ4v) is 8.55. The van der Waals surface area contributed by atoms with Crippen LogP contribution in [0.15, 0.2) is 29.1 Å². The average molecular weight is 606 g/mol. The number of carbonyl (C=O) groups is 2. The maximum atomic E-state index is 13.3.